The monoisotopic (exact) mass is 278 g/mol. The zero-order valence-corrected chi connectivity index (χ0v) is 11.5. The molecule has 0 aliphatic carbocycles. The third-order valence-corrected chi connectivity index (χ3v) is 3.85. The molecule has 2 aliphatic heterocycles. The molecule has 0 saturated carbocycles. The van der Waals surface area contributed by atoms with Crippen LogP contribution in [0.25, 0.3) is 0 Å². The van der Waals surface area contributed by atoms with Crippen molar-refractivity contribution in [1.29, 1.82) is 0 Å². The summed E-state index contributed by atoms with van der Waals surface area (Å²) in [5, 5.41) is 2.88. The maximum Gasteiger partial charge on any atom is 0.163 e. The van der Waals surface area contributed by atoms with Crippen molar-refractivity contribution in [2.24, 2.45) is 10.6 Å². The maximum absolute atomic E-state index is 10.5. The molecule has 2 saturated heterocycles. The number of rotatable bonds is 6. The summed E-state index contributed by atoms with van der Waals surface area (Å²) in [7, 11) is 1.55. The smallest absolute Gasteiger partial charge is 0.163 e. The van der Waals surface area contributed by atoms with E-state index < -0.39 is 0 Å². The Hall–Kier alpha value is -1.66. The molecule has 1 spiro atoms. The summed E-state index contributed by atoms with van der Waals surface area (Å²) in [5.74, 6) is 1.18. The van der Waals surface area contributed by atoms with E-state index in [2.05, 4.69) is 10.1 Å². The van der Waals surface area contributed by atoms with Gasteiger partial charge in [0.1, 0.15) is 12.3 Å². The van der Waals surface area contributed by atoms with Crippen LogP contribution in [0.2, 0.25) is 0 Å². The molecule has 0 bridgehead atoms. The fourth-order valence-corrected chi connectivity index (χ4v) is 2.75. The topological polar surface area (TPSA) is 60.4 Å². The molecule has 2 aliphatic rings. The molecule has 0 aromatic heterocycles. The number of nitroso groups, excluding NO2 is 1. The van der Waals surface area contributed by atoms with Gasteiger partial charge in [-0.1, -0.05) is 0 Å². The van der Waals surface area contributed by atoms with Gasteiger partial charge in [-0.05, 0) is 17.3 Å². The molecule has 3 rings (SSSR count). The molecule has 0 unspecified atom stereocenters. The zero-order valence-electron chi connectivity index (χ0n) is 11.5. The SMILES string of the molecule is COc1cc(N=O)ccc1OCCN1CC2(COC2)C1. The molecular weight excluding hydrogens is 260 g/mol. The van der Waals surface area contributed by atoms with Crippen molar-refractivity contribution in [3.8, 4) is 11.5 Å². The number of hydrogen-bond acceptors (Lipinski definition) is 6. The molecule has 0 radical (unpaired) electrons. The first-order valence-corrected chi connectivity index (χ1v) is 6.69. The number of benzene rings is 1. The molecule has 0 atom stereocenters. The van der Waals surface area contributed by atoms with Gasteiger partial charge >= 0.3 is 0 Å². The third kappa shape index (κ3) is 2.48. The lowest BCUT2D eigenvalue weighted by Gasteiger charge is -2.55. The molecule has 0 N–H and O–H groups in total. The zero-order chi connectivity index (χ0) is 14.0. The number of likely N-dealkylation sites (tertiary alicyclic amines) is 1. The summed E-state index contributed by atoms with van der Waals surface area (Å²) < 4.78 is 16.1. The van der Waals surface area contributed by atoms with Crippen LogP contribution < -0.4 is 9.47 Å². The molecule has 6 nitrogen and oxygen atoms in total. The largest absolute Gasteiger partial charge is 0.493 e. The van der Waals surface area contributed by atoms with Gasteiger partial charge < -0.3 is 14.2 Å². The van der Waals surface area contributed by atoms with E-state index in [1.165, 1.54) is 0 Å². The highest BCUT2D eigenvalue weighted by Crippen LogP contribution is 2.37. The highest BCUT2D eigenvalue weighted by Gasteiger charge is 2.48. The van der Waals surface area contributed by atoms with E-state index >= 15 is 0 Å². The first-order valence-electron chi connectivity index (χ1n) is 6.69. The Morgan fingerprint density at radius 1 is 1.35 bits per heavy atom. The summed E-state index contributed by atoms with van der Waals surface area (Å²) >= 11 is 0. The van der Waals surface area contributed by atoms with Crippen molar-refractivity contribution < 1.29 is 14.2 Å². The van der Waals surface area contributed by atoms with Crippen molar-refractivity contribution in [2.75, 3.05) is 46.6 Å². The van der Waals surface area contributed by atoms with Crippen LogP contribution in [-0.2, 0) is 4.74 Å². The van der Waals surface area contributed by atoms with Crippen LogP contribution in [0.1, 0.15) is 0 Å². The standard InChI is InChI=1S/C14H18N2O4/c1-18-13-6-11(15-17)2-3-12(13)20-5-4-16-7-14(8-16)9-19-10-14/h2-3,6H,4-5,7-10H2,1H3. The molecule has 1 aromatic carbocycles. The van der Waals surface area contributed by atoms with Crippen molar-refractivity contribution in [2.45, 2.75) is 0 Å². The second-order valence-corrected chi connectivity index (χ2v) is 5.48. The van der Waals surface area contributed by atoms with Crippen LogP contribution >= 0.6 is 0 Å². The molecule has 108 valence electrons. The van der Waals surface area contributed by atoms with Crippen LogP contribution in [0, 0.1) is 10.3 Å². The molecular formula is C14H18N2O4. The van der Waals surface area contributed by atoms with E-state index in [1.54, 1.807) is 25.3 Å². The van der Waals surface area contributed by atoms with E-state index in [9.17, 15) is 4.91 Å². The number of ether oxygens (including phenoxy) is 3. The molecule has 2 fully saturated rings. The first-order chi connectivity index (χ1) is 9.74. The van der Waals surface area contributed by atoms with E-state index in [0.717, 1.165) is 32.8 Å². The van der Waals surface area contributed by atoms with Crippen LogP contribution in [0.3, 0.4) is 0 Å². The van der Waals surface area contributed by atoms with Gasteiger partial charge in [-0.15, -0.1) is 4.91 Å². The van der Waals surface area contributed by atoms with Gasteiger partial charge in [0, 0.05) is 31.1 Å². The Kier molecular flexibility index (Phi) is 3.58. The number of hydrogen-bond donors (Lipinski definition) is 0. The van der Waals surface area contributed by atoms with Crippen LogP contribution in [0.15, 0.2) is 23.4 Å². The fourth-order valence-electron chi connectivity index (χ4n) is 2.75. The lowest BCUT2D eigenvalue weighted by atomic mass is 9.78. The minimum absolute atomic E-state index is 0.337. The van der Waals surface area contributed by atoms with Gasteiger partial charge in [0.15, 0.2) is 11.5 Å². The summed E-state index contributed by atoms with van der Waals surface area (Å²) in [6, 6.07) is 4.91. The quantitative estimate of drug-likeness (QED) is 0.743. The summed E-state index contributed by atoms with van der Waals surface area (Å²) in [4.78, 5) is 12.8. The highest BCUT2D eigenvalue weighted by molar-refractivity contribution is 5.51. The summed E-state index contributed by atoms with van der Waals surface area (Å²) in [5.41, 5.74) is 0.776. The summed E-state index contributed by atoms with van der Waals surface area (Å²) in [6.45, 7) is 5.49. The Bertz CT molecular complexity index is 494. The molecule has 1 aromatic rings. The van der Waals surface area contributed by atoms with Gasteiger partial charge in [-0.25, -0.2) is 0 Å². The van der Waals surface area contributed by atoms with Gasteiger partial charge in [0.2, 0.25) is 0 Å². The maximum atomic E-state index is 10.5. The van der Waals surface area contributed by atoms with Crippen LogP contribution in [-0.4, -0.2) is 51.5 Å². The van der Waals surface area contributed by atoms with Crippen LogP contribution in [0.4, 0.5) is 5.69 Å². The van der Waals surface area contributed by atoms with Gasteiger partial charge in [0.25, 0.3) is 0 Å². The predicted octanol–water partition coefficient (Wildman–Crippen LogP) is 1.80. The first kappa shape index (κ1) is 13.3. The second kappa shape index (κ2) is 5.38. The van der Waals surface area contributed by atoms with Crippen molar-refractivity contribution in [1.82, 2.24) is 4.90 Å². The minimum Gasteiger partial charge on any atom is -0.493 e. The van der Waals surface area contributed by atoms with Crippen molar-refractivity contribution >= 4 is 5.69 Å². The lowest BCUT2D eigenvalue weighted by molar-refractivity contribution is -0.189. The number of methoxy groups -OCH3 is 1. The number of nitrogens with zero attached hydrogens (tertiary/aromatic N) is 2. The summed E-state index contributed by atoms with van der Waals surface area (Å²) in [6.07, 6.45) is 0. The van der Waals surface area contributed by atoms with E-state index in [1.807, 2.05) is 0 Å². The fraction of sp³-hybridized carbons (Fsp3) is 0.571. The Labute approximate surface area is 117 Å². The normalized spacial score (nSPS) is 20.1. The predicted molar refractivity (Wildman–Crippen MR) is 73.6 cm³/mol. The van der Waals surface area contributed by atoms with E-state index in [0.29, 0.717) is 29.2 Å². The Balaban J connectivity index is 1.47. The Morgan fingerprint density at radius 3 is 2.75 bits per heavy atom. The molecule has 2 heterocycles. The average Bonchev–Trinajstić information content (AvgIpc) is 2.39. The van der Waals surface area contributed by atoms with Gasteiger partial charge in [-0.2, -0.15) is 0 Å². The van der Waals surface area contributed by atoms with Crippen LogP contribution in [0.5, 0.6) is 11.5 Å². The van der Waals surface area contributed by atoms with E-state index in [-0.39, 0.29) is 0 Å². The lowest BCUT2D eigenvalue weighted by Crippen LogP contribution is -2.66. The van der Waals surface area contributed by atoms with Crippen molar-refractivity contribution in [3.05, 3.63) is 23.1 Å². The molecule has 6 heteroatoms. The average molecular weight is 278 g/mol. The van der Waals surface area contributed by atoms with Gasteiger partial charge in [0.05, 0.1) is 20.3 Å². The molecule has 0 amide bonds. The van der Waals surface area contributed by atoms with Crippen molar-refractivity contribution in [3.63, 3.8) is 0 Å². The Morgan fingerprint density at radius 2 is 2.15 bits per heavy atom. The third-order valence-electron chi connectivity index (χ3n) is 3.85. The van der Waals surface area contributed by atoms with Gasteiger partial charge in [-0.3, -0.25) is 4.90 Å². The second-order valence-electron chi connectivity index (χ2n) is 5.48. The van der Waals surface area contributed by atoms with E-state index in [4.69, 9.17) is 14.2 Å². The molecule has 20 heavy (non-hydrogen) atoms. The minimum atomic E-state index is 0.337. The highest BCUT2D eigenvalue weighted by atomic mass is 16.5.